The minimum absolute atomic E-state index is 0.0720. The zero-order valence-electron chi connectivity index (χ0n) is 18.2. The van der Waals surface area contributed by atoms with Crippen molar-refractivity contribution < 1.29 is 9.21 Å². The van der Waals surface area contributed by atoms with Gasteiger partial charge < -0.3 is 14.6 Å². The maximum Gasteiger partial charge on any atom is 0.298 e. The van der Waals surface area contributed by atoms with Gasteiger partial charge in [0, 0.05) is 49.7 Å². The first-order valence-corrected chi connectivity index (χ1v) is 11.9. The topological polar surface area (TPSA) is 61.6 Å². The molecule has 1 aromatic heterocycles. The van der Waals surface area contributed by atoms with E-state index < -0.39 is 0 Å². The highest BCUT2D eigenvalue weighted by atomic mass is 35.5. The maximum atomic E-state index is 12.9. The van der Waals surface area contributed by atoms with Crippen molar-refractivity contribution in [2.75, 3.05) is 31.1 Å². The van der Waals surface area contributed by atoms with E-state index in [-0.39, 0.29) is 17.9 Å². The number of fused-ring (bicyclic) bond motifs is 1. The average Bonchev–Trinajstić information content (AvgIpc) is 3.26. The van der Waals surface area contributed by atoms with Gasteiger partial charge in [-0.15, -0.1) is 0 Å². The lowest BCUT2D eigenvalue weighted by Gasteiger charge is -2.34. The van der Waals surface area contributed by atoms with Crippen LogP contribution in [0.4, 0.5) is 6.01 Å². The number of para-hydroxylation sites is 2. The summed E-state index contributed by atoms with van der Waals surface area (Å²) in [6, 6.07) is 16.8. The summed E-state index contributed by atoms with van der Waals surface area (Å²) in [6.07, 6.45) is 3.67. The predicted octanol–water partition coefficient (Wildman–Crippen LogP) is 4.48. The summed E-state index contributed by atoms with van der Waals surface area (Å²) in [5, 5.41) is 4.09. The van der Waals surface area contributed by atoms with Crippen LogP contribution < -0.4 is 10.2 Å². The van der Waals surface area contributed by atoms with Crippen molar-refractivity contribution >= 4 is 34.6 Å². The first-order chi connectivity index (χ1) is 15.6. The predicted molar refractivity (Wildman–Crippen MR) is 127 cm³/mol. The minimum Gasteiger partial charge on any atom is -0.423 e. The van der Waals surface area contributed by atoms with E-state index in [4.69, 9.17) is 16.0 Å². The molecular formula is C25H29ClN4O2. The number of aromatic nitrogens is 1. The standard InChI is InChI=1S/C25H29ClN4O2/c26-20-7-5-18(6-8-20)17-29-13-11-21(12-14-29)27-24(31)19-9-15-30(16-10-19)25-28-22-3-1-2-4-23(22)32-25/h1-8,19,21H,9-17H2,(H,27,31). The van der Waals surface area contributed by atoms with E-state index in [1.165, 1.54) is 5.56 Å². The van der Waals surface area contributed by atoms with Crippen LogP contribution in [0.1, 0.15) is 31.2 Å². The Labute approximate surface area is 193 Å². The smallest absolute Gasteiger partial charge is 0.298 e. The normalized spacial score (nSPS) is 18.8. The third kappa shape index (κ3) is 4.92. The van der Waals surface area contributed by atoms with E-state index >= 15 is 0 Å². The summed E-state index contributed by atoms with van der Waals surface area (Å²) in [5.74, 6) is 0.279. The third-order valence-corrected chi connectivity index (χ3v) is 6.92. The molecule has 0 spiro atoms. The number of hydrogen-bond donors (Lipinski definition) is 1. The SMILES string of the molecule is O=C(NC1CCN(Cc2ccc(Cl)cc2)CC1)C1CCN(c2nc3ccccc3o2)CC1. The van der Waals surface area contributed by atoms with E-state index in [1.54, 1.807) is 0 Å². The molecule has 2 saturated heterocycles. The number of rotatable bonds is 5. The van der Waals surface area contributed by atoms with Gasteiger partial charge in [0.1, 0.15) is 5.52 Å². The largest absolute Gasteiger partial charge is 0.423 e. The second-order valence-electron chi connectivity index (χ2n) is 8.91. The van der Waals surface area contributed by atoms with Crippen molar-refractivity contribution in [1.82, 2.24) is 15.2 Å². The number of hydrogen-bond acceptors (Lipinski definition) is 5. The molecule has 3 aromatic rings. The van der Waals surface area contributed by atoms with Crippen LogP contribution in [0.3, 0.4) is 0 Å². The van der Waals surface area contributed by atoms with Crippen LogP contribution >= 0.6 is 11.6 Å². The first kappa shape index (κ1) is 21.3. The molecule has 3 heterocycles. The van der Waals surface area contributed by atoms with Crippen molar-refractivity contribution in [3.8, 4) is 0 Å². The molecule has 0 aliphatic carbocycles. The number of piperidine rings is 2. The lowest BCUT2D eigenvalue weighted by molar-refractivity contribution is -0.126. The Bertz CT molecular complexity index is 1020. The Morgan fingerprint density at radius 2 is 1.72 bits per heavy atom. The van der Waals surface area contributed by atoms with Crippen molar-refractivity contribution in [3.63, 3.8) is 0 Å². The summed E-state index contributed by atoms with van der Waals surface area (Å²) in [5.41, 5.74) is 2.97. The van der Waals surface area contributed by atoms with Crippen molar-refractivity contribution in [2.45, 2.75) is 38.3 Å². The van der Waals surface area contributed by atoms with Gasteiger partial charge >= 0.3 is 0 Å². The van der Waals surface area contributed by atoms with Crippen LogP contribution in [0.25, 0.3) is 11.1 Å². The highest BCUT2D eigenvalue weighted by Crippen LogP contribution is 2.27. The van der Waals surface area contributed by atoms with Crippen LogP contribution in [0.15, 0.2) is 52.9 Å². The molecule has 0 radical (unpaired) electrons. The molecule has 0 unspecified atom stereocenters. The fraction of sp³-hybridized carbons (Fsp3) is 0.440. The van der Waals surface area contributed by atoms with Crippen LogP contribution in [-0.2, 0) is 11.3 Å². The Morgan fingerprint density at radius 3 is 2.44 bits per heavy atom. The number of carbonyl (C=O) groups excluding carboxylic acids is 1. The van der Waals surface area contributed by atoms with Gasteiger partial charge in [-0.1, -0.05) is 35.9 Å². The van der Waals surface area contributed by atoms with E-state index in [0.29, 0.717) is 6.01 Å². The van der Waals surface area contributed by atoms with Crippen LogP contribution in [0.2, 0.25) is 5.02 Å². The molecule has 2 aliphatic rings. The Morgan fingerprint density at radius 1 is 1.00 bits per heavy atom. The second-order valence-corrected chi connectivity index (χ2v) is 9.35. The Balaban J connectivity index is 1.07. The zero-order valence-corrected chi connectivity index (χ0v) is 18.9. The molecule has 168 valence electrons. The number of benzene rings is 2. The first-order valence-electron chi connectivity index (χ1n) is 11.5. The second kappa shape index (κ2) is 9.51. The molecule has 1 amide bonds. The molecule has 0 bridgehead atoms. The Kier molecular flexibility index (Phi) is 6.32. The molecule has 5 rings (SSSR count). The quantitative estimate of drug-likeness (QED) is 0.618. The van der Waals surface area contributed by atoms with E-state index in [0.717, 1.165) is 74.5 Å². The molecular weight excluding hydrogens is 424 g/mol. The number of oxazole rings is 1. The van der Waals surface area contributed by atoms with Crippen molar-refractivity contribution in [3.05, 3.63) is 59.1 Å². The molecule has 2 fully saturated rings. The summed E-state index contributed by atoms with van der Waals surface area (Å²) < 4.78 is 5.89. The van der Waals surface area contributed by atoms with Crippen molar-refractivity contribution in [1.29, 1.82) is 0 Å². The van der Waals surface area contributed by atoms with Gasteiger partial charge in [0.25, 0.3) is 6.01 Å². The number of anilines is 1. The van der Waals surface area contributed by atoms with Gasteiger partial charge in [-0.2, -0.15) is 4.98 Å². The summed E-state index contributed by atoms with van der Waals surface area (Å²) in [7, 11) is 0. The maximum absolute atomic E-state index is 12.9. The molecule has 32 heavy (non-hydrogen) atoms. The average molecular weight is 453 g/mol. The van der Waals surface area contributed by atoms with Gasteiger partial charge in [0.05, 0.1) is 0 Å². The summed E-state index contributed by atoms with van der Waals surface area (Å²) >= 11 is 5.98. The van der Waals surface area contributed by atoms with Gasteiger partial charge in [-0.05, 0) is 55.5 Å². The molecule has 2 aliphatic heterocycles. The van der Waals surface area contributed by atoms with Crippen LogP contribution in [0, 0.1) is 5.92 Å². The van der Waals surface area contributed by atoms with Gasteiger partial charge in [-0.3, -0.25) is 9.69 Å². The molecule has 6 nitrogen and oxygen atoms in total. The third-order valence-electron chi connectivity index (χ3n) is 6.67. The van der Waals surface area contributed by atoms with Gasteiger partial charge in [-0.25, -0.2) is 0 Å². The highest BCUT2D eigenvalue weighted by molar-refractivity contribution is 6.30. The van der Waals surface area contributed by atoms with E-state index in [9.17, 15) is 4.79 Å². The monoisotopic (exact) mass is 452 g/mol. The zero-order chi connectivity index (χ0) is 21.9. The number of nitrogens with zero attached hydrogens (tertiary/aromatic N) is 3. The molecule has 2 aromatic carbocycles. The summed E-state index contributed by atoms with van der Waals surface area (Å²) in [6.45, 7) is 4.54. The Hall–Kier alpha value is -2.57. The van der Waals surface area contributed by atoms with E-state index in [1.807, 2.05) is 36.4 Å². The number of carbonyl (C=O) groups is 1. The minimum atomic E-state index is 0.0720. The summed E-state index contributed by atoms with van der Waals surface area (Å²) in [4.78, 5) is 22.0. The fourth-order valence-corrected chi connectivity index (χ4v) is 4.86. The molecule has 0 saturated carbocycles. The number of nitrogens with one attached hydrogen (secondary N) is 1. The lowest BCUT2D eigenvalue weighted by atomic mass is 9.95. The van der Waals surface area contributed by atoms with Crippen LogP contribution in [-0.4, -0.2) is 48.0 Å². The molecule has 7 heteroatoms. The fourth-order valence-electron chi connectivity index (χ4n) is 4.73. The van der Waals surface area contributed by atoms with Gasteiger partial charge in [0.2, 0.25) is 5.91 Å². The van der Waals surface area contributed by atoms with Crippen LogP contribution in [0.5, 0.6) is 0 Å². The number of likely N-dealkylation sites (tertiary alicyclic amines) is 1. The lowest BCUT2D eigenvalue weighted by Crippen LogP contribution is -2.48. The van der Waals surface area contributed by atoms with Crippen molar-refractivity contribution in [2.24, 2.45) is 5.92 Å². The molecule has 0 atom stereocenters. The van der Waals surface area contributed by atoms with E-state index in [2.05, 4.69) is 32.2 Å². The van der Waals surface area contributed by atoms with Gasteiger partial charge in [0.15, 0.2) is 5.58 Å². The highest BCUT2D eigenvalue weighted by Gasteiger charge is 2.29. The number of amides is 1. The molecule has 1 N–H and O–H groups in total. The number of halogens is 1.